The standard InChI is InChI=1S/C16H11NO4/c17-9-10-2-1-3-11(6-10)12-7-13(16(18)19)15-14(8-12)20-4-5-21-15/h1-3,6-8H,4-5H2,(H,18,19). The van der Waals surface area contributed by atoms with E-state index in [1.807, 2.05) is 6.07 Å². The highest BCUT2D eigenvalue weighted by molar-refractivity contribution is 5.94. The minimum Gasteiger partial charge on any atom is -0.486 e. The van der Waals surface area contributed by atoms with E-state index in [-0.39, 0.29) is 11.3 Å². The first-order valence-electron chi connectivity index (χ1n) is 6.36. The number of nitrogens with zero attached hydrogens (tertiary/aromatic N) is 1. The number of carbonyl (C=O) groups is 1. The second-order valence-corrected chi connectivity index (χ2v) is 4.55. The maximum Gasteiger partial charge on any atom is 0.339 e. The molecule has 0 bridgehead atoms. The largest absolute Gasteiger partial charge is 0.486 e. The molecule has 1 N–H and O–H groups in total. The van der Waals surface area contributed by atoms with Crippen LogP contribution in [0.4, 0.5) is 0 Å². The smallest absolute Gasteiger partial charge is 0.339 e. The number of carboxylic acid groups (broad SMARTS) is 1. The Bertz CT molecular complexity index is 761. The van der Waals surface area contributed by atoms with Gasteiger partial charge in [0, 0.05) is 0 Å². The van der Waals surface area contributed by atoms with Crippen LogP contribution in [-0.4, -0.2) is 24.3 Å². The van der Waals surface area contributed by atoms with Crippen molar-refractivity contribution in [1.29, 1.82) is 5.26 Å². The van der Waals surface area contributed by atoms with Gasteiger partial charge in [-0.25, -0.2) is 4.79 Å². The van der Waals surface area contributed by atoms with E-state index in [4.69, 9.17) is 14.7 Å². The number of carboxylic acids is 1. The SMILES string of the molecule is N#Cc1cccc(-c2cc3c(c(C(=O)O)c2)OCCO3)c1. The van der Waals surface area contributed by atoms with Gasteiger partial charge in [-0.05, 0) is 35.4 Å². The summed E-state index contributed by atoms with van der Waals surface area (Å²) in [6.45, 7) is 0.713. The summed E-state index contributed by atoms with van der Waals surface area (Å²) < 4.78 is 10.9. The van der Waals surface area contributed by atoms with Gasteiger partial charge >= 0.3 is 5.97 Å². The Labute approximate surface area is 121 Å². The molecule has 1 aliphatic rings. The van der Waals surface area contributed by atoms with Gasteiger partial charge in [-0.15, -0.1) is 0 Å². The van der Waals surface area contributed by atoms with Crippen molar-refractivity contribution in [1.82, 2.24) is 0 Å². The van der Waals surface area contributed by atoms with Gasteiger partial charge in [-0.3, -0.25) is 0 Å². The highest BCUT2D eigenvalue weighted by atomic mass is 16.6. The Morgan fingerprint density at radius 2 is 1.95 bits per heavy atom. The summed E-state index contributed by atoms with van der Waals surface area (Å²) in [7, 11) is 0. The van der Waals surface area contributed by atoms with Crippen LogP contribution in [0.1, 0.15) is 15.9 Å². The molecule has 2 aromatic carbocycles. The third-order valence-corrected chi connectivity index (χ3v) is 3.20. The zero-order valence-corrected chi connectivity index (χ0v) is 11.0. The number of ether oxygens (including phenoxy) is 2. The Balaban J connectivity index is 2.17. The summed E-state index contributed by atoms with van der Waals surface area (Å²) >= 11 is 0. The van der Waals surface area contributed by atoms with Crippen LogP contribution >= 0.6 is 0 Å². The van der Waals surface area contributed by atoms with E-state index < -0.39 is 5.97 Å². The monoisotopic (exact) mass is 281 g/mol. The van der Waals surface area contributed by atoms with Crippen molar-refractivity contribution in [2.24, 2.45) is 0 Å². The lowest BCUT2D eigenvalue weighted by Crippen LogP contribution is -2.18. The summed E-state index contributed by atoms with van der Waals surface area (Å²) in [5, 5.41) is 18.3. The highest BCUT2D eigenvalue weighted by Crippen LogP contribution is 2.38. The molecule has 0 atom stereocenters. The van der Waals surface area contributed by atoms with Crippen LogP contribution in [0.15, 0.2) is 36.4 Å². The molecule has 5 heteroatoms. The van der Waals surface area contributed by atoms with E-state index in [1.165, 1.54) is 6.07 Å². The molecular weight excluding hydrogens is 270 g/mol. The Morgan fingerprint density at radius 1 is 1.14 bits per heavy atom. The van der Waals surface area contributed by atoms with E-state index >= 15 is 0 Å². The van der Waals surface area contributed by atoms with Gasteiger partial charge < -0.3 is 14.6 Å². The lowest BCUT2D eigenvalue weighted by atomic mass is 10.00. The number of hydrogen-bond donors (Lipinski definition) is 1. The van der Waals surface area contributed by atoms with E-state index in [0.29, 0.717) is 30.1 Å². The van der Waals surface area contributed by atoms with E-state index in [9.17, 15) is 9.90 Å². The number of nitriles is 1. The van der Waals surface area contributed by atoms with Gasteiger partial charge in [0.15, 0.2) is 11.5 Å². The van der Waals surface area contributed by atoms with Gasteiger partial charge in [0.05, 0.1) is 11.6 Å². The molecule has 5 nitrogen and oxygen atoms in total. The van der Waals surface area contributed by atoms with Crippen LogP contribution in [0.2, 0.25) is 0 Å². The minimum atomic E-state index is -1.07. The molecule has 0 spiro atoms. The fourth-order valence-electron chi connectivity index (χ4n) is 2.25. The van der Waals surface area contributed by atoms with Crippen LogP contribution in [0.25, 0.3) is 11.1 Å². The number of hydrogen-bond acceptors (Lipinski definition) is 4. The van der Waals surface area contributed by atoms with Crippen LogP contribution in [-0.2, 0) is 0 Å². The Morgan fingerprint density at radius 3 is 2.71 bits per heavy atom. The fourth-order valence-corrected chi connectivity index (χ4v) is 2.25. The van der Waals surface area contributed by atoms with E-state index in [2.05, 4.69) is 6.07 Å². The number of benzene rings is 2. The predicted octanol–water partition coefficient (Wildman–Crippen LogP) is 2.69. The van der Waals surface area contributed by atoms with Crippen LogP contribution in [0, 0.1) is 11.3 Å². The lowest BCUT2D eigenvalue weighted by molar-refractivity contribution is 0.0686. The molecule has 0 saturated heterocycles. The van der Waals surface area contributed by atoms with Crippen molar-refractivity contribution in [3.63, 3.8) is 0 Å². The third-order valence-electron chi connectivity index (χ3n) is 3.20. The van der Waals surface area contributed by atoms with E-state index in [0.717, 1.165) is 5.56 Å². The molecule has 3 rings (SSSR count). The van der Waals surface area contributed by atoms with Gasteiger partial charge in [0.1, 0.15) is 18.8 Å². The molecule has 1 aliphatic heterocycles. The fraction of sp³-hybridized carbons (Fsp3) is 0.125. The average molecular weight is 281 g/mol. The van der Waals surface area contributed by atoms with Crippen molar-refractivity contribution in [2.75, 3.05) is 13.2 Å². The van der Waals surface area contributed by atoms with Crippen LogP contribution < -0.4 is 9.47 Å². The predicted molar refractivity (Wildman–Crippen MR) is 74.5 cm³/mol. The molecule has 0 aromatic heterocycles. The quantitative estimate of drug-likeness (QED) is 0.915. The van der Waals surface area contributed by atoms with Gasteiger partial charge in [-0.1, -0.05) is 12.1 Å². The van der Waals surface area contributed by atoms with Crippen molar-refractivity contribution in [2.45, 2.75) is 0 Å². The number of rotatable bonds is 2. The molecule has 104 valence electrons. The Hall–Kier alpha value is -3.00. The zero-order chi connectivity index (χ0) is 14.8. The molecular formula is C16H11NO4. The molecule has 2 aromatic rings. The number of aromatic carboxylic acids is 1. The number of fused-ring (bicyclic) bond motifs is 1. The van der Waals surface area contributed by atoms with Crippen LogP contribution in [0.3, 0.4) is 0 Å². The average Bonchev–Trinajstić information content (AvgIpc) is 2.53. The van der Waals surface area contributed by atoms with Crippen molar-refractivity contribution >= 4 is 5.97 Å². The third kappa shape index (κ3) is 2.39. The van der Waals surface area contributed by atoms with Crippen molar-refractivity contribution < 1.29 is 19.4 Å². The second kappa shape index (κ2) is 5.17. The first-order valence-corrected chi connectivity index (χ1v) is 6.36. The molecule has 0 saturated carbocycles. The van der Waals surface area contributed by atoms with Gasteiger partial charge in [0.2, 0.25) is 0 Å². The minimum absolute atomic E-state index is 0.0598. The zero-order valence-electron chi connectivity index (χ0n) is 11.0. The summed E-state index contributed by atoms with van der Waals surface area (Å²) in [6, 6.07) is 12.3. The van der Waals surface area contributed by atoms with Gasteiger partial charge in [0.25, 0.3) is 0 Å². The summed E-state index contributed by atoms with van der Waals surface area (Å²) in [5.41, 5.74) is 2.01. The highest BCUT2D eigenvalue weighted by Gasteiger charge is 2.22. The second-order valence-electron chi connectivity index (χ2n) is 4.55. The summed E-state index contributed by atoms with van der Waals surface area (Å²) in [4.78, 5) is 11.4. The first-order chi connectivity index (χ1) is 10.2. The molecule has 1 heterocycles. The van der Waals surface area contributed by atoms with Crippen molar-refractivity contribution in [3.8, 4) is 28.7 Å². The van der Waals surface area contributed by atoms with Gasteiger partial charge in [-0.2, -0.15) is 5.26 Å². The molecule has 0 fully saturated rings. The molecule has 0 radical (unpaired) electrons. The maximum atomic E-state index is 11.4. The summed E-state index contributed by atoms with van der Waals surface area (Å²) in [5.74, 6) is -0.400. The Kier molecular flexibility index (Phi) is 3.20. The maximum absolute atomic E-state index is 11.4. The topological polar surface area (TPSA) is 79.6 Å². The lowest BCUT2D eigenvalue weighted by Gasteiger charge is -2.21. The molecule has 21 heavy (non-hydrogen) atoms. The molecule has 0 unspecified atom stereocenters. The normalized spacial score (nSPS) is 12.5. The summed E-state index contributed by atoms with van der Waals surface area (Å²) in [6.07, 6.45) is 0. The van der Waals surface area contributed by atoms with Crippen LogP contribution in [0.5, 0.6) is 11.5 Å². The van der Waals surface area contributed by atoms with E-state index in [1.54, 1.807) is 24.3 Å². The molecule has 0 aliphatic carbocycles. The molecule has 0 amide bonds. The first kappa shape index (κ1) is 13.0. The van der Waals surface area contributed by atoms with Crippen molar-refractivity contribution in [3.05, 3.63) is 47.5 Å².